The van der Waals surface area contributed by atoms with Crippen molar-refractivity contribution in [1.29, 1.82) is 0 Å². The Morgan fingerprint density at radius 3 is 2.30 bits per heavy atom. The Morgan fingerprint density at radius 2 is 1.70 bits per heavy atom. The van der Waals surface area contributed by atoms with Crippen molar-refractivity contribution < 1.29 is 28.5 Å². The number of carbonyl (C=O) groups is 2. The first-order chi connectivity index (χ1) is 14.3. The molecule has 0 aliphatic rings. The van der Waals surface area contributed by atoms with Crippen LogP contribution in [0.25, 0.3) is 0 Å². The van der Waals surface area contributed by atoms with Gasteiger partial charge in [-0.15, -0.1) is 0 Å². The maximum Gasteiger partial charge on any atom is 0.419 e. The zero-order chi connectivity index (χ0) is 22.1. The van der Waals surface area contributed by atoms with Crippen LogP contribution in [0.3, 0.4) is 0 Å². The highest BCUT2D eigenvalue weighted by Crippen LogP contribution is 2.22. The quantitative estimate of drug-likeness (QED) is 0.634. The number of carbonyl (C=O) groups excluding carboxylic acids is 2. The summed E-state index contributed by atoms with van der Waals surface area (Å²) in [5.74, 6) is 0.269. The standard InChI is InChI=1S/C22H28N2O6/c1-15(2)29-21(25)23-17-7-6-8-19(13-17)30-22(26)24(14-20(27-4)28-5)18-11-9-16(3)10-12-18/h6-13,15,20H,14H2,1-5H3,(H,23,25). The molecule has 0 saturated heterocycles. The van der Waals surface area contributed by atoms with Crippen LogP contribution in [0.1, 0.15) is 19.4 Å². The Hall–Kier alpha value is -3.10. The highest BCUT2D eigenvalue weighted by Gasteiger charge is 2.22. The predicted molar refractivity (Wildman–Crippen MR) is 114 cm³/mol. The number of anilines is 2. The van der Waals surface area contributed by atoms with E-state index in [2.05, 4.69) is 5.32 Å². The largest absolute Gasteiger partial charge is 0.447 e. The number of methoxy groups -OCH3 is 2. The lowest BCUT2D eigenvalue weighted by Crippen LogP contribution is -2.40. The smallest absolute Gasteiger partial charge is 0.419 e. The lowest BCUT2D eigenvalue weighted by Gasteiger charge is -2.25. The molecule has 0 atom stereocenters. The van der Waals surface area contributed by atoms with Gasteiger partial charge in [0, 0.05) is 31.7 Å². The van der Waals surface area contributed by atoms with E-state index in [1.807, 2.05) is 31.2 Å². The maximum absolute atomic E-state index is 12.9. The molecule has 0 fully saturated rings. The van der Waals surface area contributed by atoms with Crippen LogP contribution in [-0.4, -0.2) is 45.3 Å². The van der Waals surface area contributed by atoms with Crippen molar-refractivity contribution in [3.05, 3.63) is 54.1 Å². The molecule has 2 aromatic carbocycles. The van der Waals surface area contributed by atoms with Crippen LogP contribution < -0.4 is 15.0 Å². The summed E-state index contributed by atoms with van der Waals surface area (Å²) in [4.78, 5) is 26.1. The zero-order valence-electron chi connectivity index (χ0n) is 17.9. The number of amides is 2. The summed E-state index contributed by atoms with van der Waals surface area (Å²) >= 11 is 0. The Labute approximate surface area is 176 Å². The Morgan fingerprint density at radius 1 is 1.03 bits per heavy atom. The summed E-state index contributed by atoms with van der Waals surface area (Å²) in [6.07, 6.45) is -2.07. The van der Waals surface area contributed by atoms with E-state index >= 15 is 0 Å². The van der Waals surface area contributed by atoms with E-state index in [9.17, 15) is 9.59 Å². The number of hydrogen-bond donors (Lipinski definition) is 1. The van der Waals surface area contributed by atoms with Crippen LogP contribution in [0.15, 0.2) is 48.5 Å². The van der Waals surface area contributed by atoms with E-state index in [1.54, 1.807) is 32.0 Å². The van der Waals surface area contributed by atoms with Gasteiger partial charge in [-0.05, 0) is 45.0 Å². The third-order valence-electron chi connectivity index (χ3n) is 4.05. The molecule has 0 aromatic heterocycles. The second-order valence-electron chi connectivity index (χ2n) is 6.82. The topological polar surface area (TPSA) is 86.3 Å². The minimum Gasteiger partial charge on any atom is -0.447 e. The molecule has 0 heterocycles. The third kappa shape index (κ3) is 7.06. The van der Waals surface area contributed by atoms with Crippen molar-refractivity contribution in [2.45, 2.75) is 33.2 Å². The average molecular weight is 416 g/mol. The molecule has 2 aromatic rings. The van der Waals surface area contributed by atoms with Crippen LogP contribution in [0.4, 0.5) is 21.0 Å². The normalized spacial score (nSPS) is 10.8. The van der Waals surface area contributed by atoms with Gasteiger partial charge in [0.25, 0.3) is 0 Å². The highest BCUT2D eigenvalue weighted by molar-refractivity contribution is 5.90. The van der Waals surface area contributed by atoms with Crippen molar-refractivity contribution in [2.24, 2.45) is 0 Å². The molecular formula is C22H28N2O6. The molecule has 30 heavy (non-hydrogen) atoms. The van der Waals surface area contributed by atoms with E-state index in [0.29, 0.717) is 11.4 Å². The molecule has 0 unspecified atom stereocenters. The summed E-state index contributed by atoms with van der Waals surface area (Å²) in [5, 5.41) is 2.60. The lowest BCUT2D eigenvalue weighted by atomic mass is 10.2. The SMILES string of the molecule is COC(CN(C(=O)Oc1cccc(NC(=O)OC(C)C)c1)c1ccc(C)cc1)OC. The van der Waals surface area contributed by atoms with Crippen LogP contribution >= 0.6 is 0 Å². The Balaban J connectivity index is 2.17. The van der Waals surface area contributed by atoms with Crippen LogP contribution in [0.5, 0.6) is 5.75 Å². The van der Waals surface area contributed by atoms with Crippen molar-refractivity contribution in [3.63, 3.8) is 0 Å². The Bertz CT molecular complexity index is 834. The highest BCUT2D eigenvalue weighted by atomic mass is 16.7. The van der Waals surface area contributed by atoms with Crippen molar-refractivity contribution >= 4 is 23.6 Å². The van der Waals surface area contributed by atoms with Gasteiger partial charge in [0.15, 0.2) is 6.29 Å². The molecular weight excluding hydrogens is 388 g/mol. The van der Waals surface area contributed by atoms with Gasteiger partial charge >= 0.3 is 12.2 Å². The molecule has 0 aliphatic heterocycles. The average Bonchev–Trinajstić information content (AvgIpc) is 2.69. The van der Waals surface area contributed by atoms with Gasteiger partial charge in [-0.25, -0.2) is 9.59 Å². The molecule has 8 heteroatoms. The minimum atomic E-state index is -0.627. The molecule has 0 bridgehead atoms. The molecule has 2 amide bonds. The van der Waals surface area contributed by atoms with Gasteiger partial charge < -0.3 is 18.9 Å². The number of aryl methyl sites for hydroxylation is 1. The number of rotatable bonds is 8. The predicted octanol–water partition coefficient (Wildman–Crippen LogP) is 4.58. The Kier molecular flexibility index (Phi) is 8.64. The van der Waals surface area contributed by atoms with E-state index in [1.165, 1.54) is 25.2 Å². The van der Waals surface area contributed by atoms with E-state index < -0.39 is 18.5 Å². The first-order valence-corrected chi connectivity index (χ1v) is 9.51. The van der Waals surface area contributed by atoms with Crippen LogP contribution in [0, 0.1) is 6.92 Å². The molecule has 0 saturated carbocycles. The maximum atomic E-state index is 12.9. The molecule has 0 spiro atoms. The fourth-order valence-corrected chi connectivity index (χ4v) is 2.56. The van der Waals surface area contributed by atoms with Crippen molar-refractivity contribution in [1.82, 2.24) is 0 Å². The molecule has 1 N–H and O–H groups in total. The number of nitrogens with zero attached hydrogens (tertiary/aromatic N) is 1. The van der Waals surface area contributed by atoms with Gasteiger partial charge in [0.1, 0.15) is 5.75 Å². The second-order valence-corrected chi connectivity index (χ2v) is 6.82. The fraction of sp³-hybridized carbons (Fsp3) is 0.364. The molecule has 2 rings (SSSR count). The lowest BCUT2D eigenvalue weighted by molar-refractivity contribution is -0.0943. The number of benzene rings is 2. The second kappa shape index (κ2) is 11.2. The number of ether oxygens (including phenoxy) is 4. The fourth-order valence-electron chi connectivity index (χ4n) is 2.56. The third-order valence-corrected chi connectivity index (χ3v) is 4.05. The number of nitrogens with one attached hydrogen (secondary N) is 1. The minimum absolute atomic E-state index is 0.132. The summed E-state index contributed by atoms with van der Waals surface area (Å²) in [6.45, 7) is 5.60. The summed E-state index contributed by atoms with van der Waals surface area (Å²) in [6, 6.07) is 13.9. The first kappa shape index (κ1) is 23.2. The van der Waals surface area contributed by atoms with Gasteiger partial charge in [-0.1, -0.05) is 23.8 Å². The van der Waals surface area contributed by atoms with Gasteiger partial charge in [-0.3, -0.25) is 10.2 Å². The van der Waals surface area contributed by atoms with Gasteiger partial charge in [-0.2, -0.15) is 0 Å². The van der Waals surface area contributed by atoms with Gasteiger partial charge in [0.05, 0.1) is 12.6 Å². The first-order valence-electron chi connectivity index (χ1n) is 9.51. The van der Waals surface area contributed by atoms with E-state index in [0.717, 1.165) is 5.56 Å². The van der Waals surface area contributed by atoms with Gasteiger partial charge in [0.2, 0.25) is 0 Å². The van der Waals surface area contributed by atoms with Crippen molar-refractivity contribution in [3.8, 4) is 5.75 Å². The van der Waals surface area contributed by atoms with Crippen LogP contribution in [-0.2, 0) is 14.2 Å². The molecule has 8 nitrogen and oxygen atoms in total. The zero-order valence-corrected chi connectivity index (χ0v) is 17.9. The molecule has 0 aliphatic carbocycles. The monoisotopic (exact) mass is 416 g/mol. The summed E-state index contributed by atoms with van der Waals surface area (Å²) in [5.41, 5.74) is 2.15. The summed E-state index contributed by atoms with van der Waals surface area (Å²) in [7, 11) is 3.00. The van der Waals surface area contributed by atoms with E-state index in [4.69, 9.17) is 18.9 Å². The number of hydrogen-bond acceptors (Lipinski definition) is 6. The van der Waals surface area contributed by atoms with Crippen LogP contribution in [0.2, 0.25) is 0 Å². The molecule has 162 valence electrons. The van der Waals surface area contributed by atoms with E-state index in [-0.39, 0.29) is 18.4 Å². The molecule has 0 radical (unpaired) electrons. The summed E-state index contributed by atoms with van der Waals surface area (Å²) < 4.78 is 21.1. The van der Waals surface area contributed by atoms with Crippen molar-refractivity contribution in [2.75, 3.05) is 31.0 Å².